The molecule has 3 unspecified atom stereocenters. The van der Waals surface area contributed by atoms with Crippen LogP contribution in [0.25, 0.3) is 0 Å². The van der Waals surface area contributed by atoms with Crippen molar-refractivity contribution in [1.82, 2.24) is 10.2 Å². The van der Waals surface area contributed by atoms with Gasteiger partial charge in [-0.15, -0.1) is 0 Å². The zero-order chi connectivity index (χ0) is 15.3. The summed E-state index contributed by atoms with van der Waals surface area (Å²) in [6.45, 7) is 9.16. The summed E-state index contributed by atoms with van der Waals surface area (Å²) in [4.78, 5) is 13.9. The van der Waals surface area contributed by atoms with Crippen LogP contribution in [0.5, 0.6) is 0 Å². The molecule has 5 nitrogen and oxygen atoms in total. The fraction of sp³-hybridized carbons (Fsp3) is 0.929. The molecule has 0 bridgehead atoms. The summed E-state index contributed by atoms with van der Waals surface area (Å²) in [5, 5.41) is 3.36. The largest absolute Gasteiger partial charge is 0.444 e. The molecule has 1 fully saturated rings. The summed E-state index contributed by atoms with van der Waals surface area (Å²) < 4.78 is 16.6. The number of nitrogens with one attached hydrogen (secondary N) is 1. The average Bonchev–Trinajstić information content (AvgIpc) is 2.71. The van der Waals surface area contributed by atoms with Gasteiger partial charge >= 0.3 is 6.09 Å². The van der Waals surface area contributed by atoms with Crippen LogP contribution in [-0.4, -0.2) is 58.0 Å². The molecule has 1 rings (SSSR count). The topological polar surface area (TPSA) is 58.6 Å². The molecule has 1 aliphatic heterocycles. The van der Waals surface area contributed by atoms with E-state index < -0.39 is 16.4 Å². The molecule has 118 valence electrons. The zero-order valence-electron chi connectivity index (χ0n) is 13.3. The first-order valence-electron chi connectivity index (χ1n) is 7.22. The van der Waals surface area contributed by atoms with Crippen LogP contribution in [0, 0.1) is 0 Å². The van der Waals surface area contributed by atoms with Crippen LogP contribution in [0.1, 0.15) is 40.5 Å². The van der Waals surface area contributed by atoms with Gasteiger partial charge in [-0.1, -0.05) is 0 Å². The highest BCUT2D eigenvalue weighted by atomic mass is 32.2. The van der Waals surface area contributed by atoms with E-state index in [1.807, 2.05) is 32.6 Å². The van der Waals surface area contributed by atoms with E-state index in [2.05, 4.69) is 5.32 Å². The normalized spacial score (nSPS) is 22.6. The predicted octanol–water partition coefficient (Wildman–Crippen LogP) is 1.74. The van der Waals surface area contributed by atoms with Crippen molar-refractivity contribution in [2.45, 2.75) is 58.2 Å². The Morgan fingerprint density at radius 1 is 1.50 bits per heavy atom. The molecule has 0 aliphatic carbocycles. The second kappa shape index (κ2) is 7.41. The number of amides is 1. The van der Waals surface area contributed by atoms with Gasteiger partial charge in [0.1, 0.15) is 5.60 Å². The van der Waals surface area contributed by atoms with Gasteiger partial charge in [-0.2, -0.15) is 0 Å². The Hall–Kier alpha value is -0.620. The summed E-state index contributed by atoms with van der Waals surface area (Å²) >= 11 is 0. The lowest BCUT2D eigenvalue weighted by molar-refractivity contribution is 0.0225. The maximum Gasteiger partial charge on any atom is 0.410 e. The van der Waals surface area contributed by atoms with Crippen molar-refractivity contribution in [2.75, 3.05) is 25.1 Å². The molecule has 1 saturated heterocycles. The first kappa shape index (κ1) is 17.4. The molecule has 0 radical (unpaired) electrons. The van der Waals surface area contributed by atoms with E-state index >= 15 is 0 Å². The summed E-state index contributed by atoms with van der Waals surface area (Å²) in [5.74, 6) is 0.638. The molecular weight excluding hydrogens is 276 g/mol. The second-order valence-electron chi connectivity index (χ2n) is 6.52. The lowest BCUT2D eigenvalue weighted by Gasteiger charge is -2.29. The minimum absolute atomic E-state index is 0.178. The third kappa shape index (κ3) is 6.22. The summed E-state index contributed by atoms with van der Waals surface area (Å²) in [6, 6.07) is 0.375. The van der Waals surface area contributed by atoms with Crippen LogP contribution in [0.15, 0.2) is 0 Å². The van der Waals surface area contributed by atoms with Crippen molar-refractivity contribution >= 4 is 16.9 Å². The number of nitrogens with zero attached hydrogens (tertiary/aromatic N) is 1. The summed E-state index contributed by atoms with van der Waals surface area (Å²) in [6.07, 6.45) is 3.49. The van der Waals surface area contributed by atoms with Crippen LogP contribution in [-0.2, 0) is 15.5 Å². The van der Waals surface area contributed by atoms with E-state index in [0.717, 1.165) is 25.9 Å². The Morgan fingerprint density at radius 3 is 2.70 bits per heavy atom. The molecule has 6 heteroatoms. The lowest BCUT2D eigenvalue weighted by Crippen LogP contribution is -2.46. The van der Waals surface area contributed by atoms with Crippen molar-refractivity contribution in [2.24, 2.45) is 0 Å². The second-order valence-corrected chi connectivity index (χ2v) is 8.00. The average molecular weight is 304 g/mol. The van der Waals surface area contributed by atoms with E-state index in [1.165, 1.54) is 0 Å². The minimum Gasteiger partial charge on any atom is -0.444 e. The van der Waals surface area contributed by atoms with Gasteiger partial charge in [0.2, 0.25) is 0 Å². The van der Waals surface area contributed by atoms with Crippen molar-refractivity contribution in [3.63, 3.8) is 0 Å². The lowest BCUT2D eigenvalue weighted by atomic mass is 10.2. The fourth-order valence-corrected chi connectivity index (χ4v) is 3.18. The van der Waals surface area contributed by atoms with Gasteiger partial charge < -0.3 is 15.0 Å². The quantitative estimate of drug-likeness (QED) is 0.840. The van der Waals surface area contributed by atoms with Gasteiger partial charge in [-0.3, -0.25) is 4.21 Å². The highest BCUT2D eigenvalue weighted by Gasteiger charge is 2.32. The Bertz CT molecular complexity index is 355. The smallest absolute Gasteiger partial charge is 0.410 e. The molecule has 20 heavy (non-hydrogen) atoms. The third-order valence-corrected chi connectivity index (χ3v) is 4.16. The number of hydrogen-bond donors (Lipinski definition) is 1. The maximum atomic E-state index is 12.1. The van der Waals surface area contributed by atoms with Gasteiger partial charge in [0.15, 0.2) is 0 Å². The number of hydrogen-bond acceptors (Lipinski definition) is 4. The van der Waals surface area contributed by atoms with Gasteiger partial charge in [0.05, 0.1) is 0 Å². The van der Waals surface area contributed by atoms with Crippen molar-refractivity contribution < 1.29 is 13.7 Å². The Morgan fingerprint density at radius 2 is 2.15 bits per heavy atom. The van der Waals surface area contributed by atoms with Crippen molar-refractivity contribution in [3.8, 4) is 0 Å². The summed E-state index contributed by atoms with van der Waals surface area (Å²) in [5.41, 5.74) is -0.454. The molecule has 0 aromatic carbocycles. The van der Waals surface area contributed by atoms with Crippen LogP contribution >= 0.6 is 0 Å². The van der Waals surface area contributed by atoms with Gasteiger partial charge in [0, 0.05) is 48.0 Å². The molecule has 1 aliphatic rings. The van der Waals surface area contributed by atoms with Crippen molar-refractivity contribution in [3.05, 3.63) is 0 Å². The number of likely N-dealkylation sites (tertiary alicyclic amines) is 1. The fourth-order valence-electron chi connectivity index (χ4n) is 2.36. The van der Waals surface area contributed by atoms with Gasteiger partial charge in [-0.05, 0) is 40.5 Å². The highest BCUT2D eigenvalue weighted by Crippen LogP contribution is 2.20. The first-order valence-corrected chi connectivity index (χ1v) is 8.95. The van der Waals surface area contributed by atoms with Crippen LogP contribution in [0.4, 0.5) is 4.79 Å². The van der Waals surface area contributed by atoms with Crippen LogP contribution < -0.4 is 5.32 Å². The van der Waals surface area contributed by atoms with E-state index in [0.29, 0.717) is 5.75 Å². The predicted molar refractivity (Wildman–Crippen MR) is 82.4 cm³/mol. The molecular formula is C14H28N2O3S. The number of carbonyl (C=O) groups excluding carboxylic acids is 1. The monoisotopic (exact) mass is 304 g/mol. The molecule has 0 saturated carbocycles. The van der Waals surface area contributed by atoms with E-state index in [-0.39, 0.29) is 18.2 Å². The van der Waals surface area contributed by atoms with E-state index in [1.54, 1.807) is 6.26 Å². The standard InChI is InChI=1S/C14H28N2O3S/c1-11(10-20(5)18)15-9-12-7-6-8-16(12)13(17)19-14(2,3)4/h11-12,15H,6-10H2,1-5H3. The van der Waals surface area contributed by atoms with Crippen LogP contribution in [0.3, 0.4) is 0 Å². The van der Waals surface area contributed by atoms with E-state index in [4.69, 9.17) is 4.74 Å². The molecule has 3 atom stereocenters. The Balaban J connectivity index is 2.45. The zero-order valence-corrected chi connectivity index (χ0v) is 14.1. The van der Waals surface area contributed by atoms with E-state index in [9.17, 15) is 9.00 Å². The number of rotatable bonds is 5. The van der Waals surface area contributed by atoms with Gasteiger partial charge in [-0.25, -0.2) is 4.79 Å². The first-order chi connectivity index (χ1) is 9.19. The van der Waals surface area contributed by atoms with Crippen molar-refractivity contribution in [1.29, 1.82) is 0 Å². The third-order valence-electron chi connectivity index (χ3n) is 3.19. The maximum absolute atomic E-state index is 12.1. The highest BCUT2D eigenvalue weighted by molar-refractivity contribution is 7.84. The molecule has 1 heterocycles. The molecule has 1 N–H and O–H groups in total. The van der Waals surface area contributed by atoms with Crippen LogP contribution in [0.2, 0.25) is 0 Å². The minimum atomic E-state index is -0.797. The Kier molecular flexibility index (Phi) is 6.45. The molecule has 1 amide bonds. The molecule has 0 aromatic rings. The Labute approximate surface area is 124 Å². The number of carbonyl (C=O) groups is 1. The SMILES string of the molecule is CC(CS(C)=O)NCC1CCCN1C(=O)OC(C)(C)C. The van der Waals surface area contributed by atoms with Gasteiger partial charge in [0.25, 0.3) is 0 Å². The molecule has 0 spiro atoms. The number of ether oxygens (including phenoxy) is 1. The molecule has 0 aromatic heterocycles. The summed E-state index contributed by atoms with van der Waals surface area (Å²) in [7, 11) is -0.797.